The Kier molecular flexibility index (Phi) is 9.48. The van der Waals surface area contributed by atoms with Crippen LogP contribution in [0.25, 0.3) is 0 Å². The summed E-state index contributed by atoms with van der Waals surface area (Å²) in [6, 6.07) is 0. The number of rotatable bonds is 11. The molecule has 2 N–H and O–H groups in total. The van der Waals surface area contributed by atoms with Crippen LogP contribution in [0.15, 0.2) is 9.52 Å². The molecule has 0 bridgehead atoms. The first-order chi connectivity index (χ1) is 12.7. The van der Waals surface area contributed by atoms with Crippen molar-refractivity contribution in [2.24, 2.45) is 10.9 Å². The third kappa shape index (κ3) is 7.33. The van der Waals surface area contributed by atoms with Crippen LogP contribution >= 0.6 is 0 Å². The van der Waals surface area contributed by atoms with Gasteiger partial charge >= 0.3 is 0 Å². The molecular formula is C19H34N4O3. The van der Waals surface area contributed by atoms with Gasteiger partial charge in [0.1, 0.15) is 5.76 Å². The van der Waals surface area contributed by atoms with Crippen LogP contribution in [0.5, 0.6) is 0 Å². The maximum atomic E-state index is 5.73. The highest BCUT2D eigenvalue weighted by molar-refractivity contribution is 5.79. The number of hydrogen-bond acceptors (Lipinski definition) is 5. The Hall–Kier alpha value is -1.60. The van der Waals surface area contributed by atoms with Crippen molar-refractivity contribution < 1.29 is 14.0 Å². The molecule has 1 aliphatic rings. The van der Waals surface area contributed by atoms with Crippen LogP contribution in [-0.4, -0.2) is 57.2 Å². The number of nitrogens with zero attached hydrogens (tertiary/aromatic N) is 2. The van der Waals surface area contributed by atoms with Crippen molar-refractivity contribution in [3.63, 3.8) is 0 Å². The lowest BCUT2D eigenvalue weighted by Gasteiger charge is -2.12. The molecule has 1 atom stereocenters. The first-order valence-corrected chi connectivity index (χ1v) is 9.80. The van der Waals surface area contributed by atoms with Crippen molar-refractivity contribution in [1.82, 2.24) is 15.8 Å². The van der Waals surface area contributed by atoms with E-state index in [-0.39, 0.29) is 0 Å². The second kappa shape index (κ2) is 11.9. The van der Waals surface area contributed by atoms with E-state index in [9.17, 15) is 0 Å². The molecule has 1 aliphatic heterocycles. The van der Waals surface area contributed by atoms with E-state index in [2.05, 4.69) is 27.7 Å². The summed E-state index contributed by atoms with van der Waals surface area (Å²) in [5, 5.41) is 10.6. The lowest BCUT2D eigenvalue weighted by molar-refractivity contribution is 0.0888. The Bertz CT molecular complexity index is 519. The van der Waals surface area contributed by atoms with Crippen LogP contribution < -0.4 is 10.6 Å². The zero-order valence-corrected chi connectivity index (χ0v) is 16.5. The molecule has 1 aromatic heterocycles. The molecule has 1 aromatic rings. The van der Waals surface area contributed by atoms with Gasteiger partial charge in [-0.3, -0.25) is 4.99 Å². The average molecular weight is 367 g/mol. The Labute approximate surface area is 156 Å². The molecule has 0 radical (unpaired) electrons. The normalized spacial score (nSPS) is 17.7. The first-order valence-electron chi connectivity index (χ1n) is 9.80. The van der Waals surface area contributed by atoms with Gasteiger partial charge in [0.15, 0.2) is 5.96 Å². The van der Waals surface area contributed by atoms with Crippen LogP contribution in [0, 0.1) is 19.8 Å². The molecule has 1 saturated heterocycles. The van der Waals surface area contributed by atoms with Gasteiger partial charge in [-0.1, -0.05) is 5.16 Å². The number of guanidine groups is 1. The van der Waals surface area contributed by atoms with E-state index >= 15 is 0 Å². The largest absolute Gasteiger partial charge is 0.381 e. The fourth-order valence-corrected chi connectivity index (χ4v) is 2.99. The Morgan fingerprint density at radius 1 is 1.31 bits per heavy atom. The maximum Gasteiger partial charge on any atom is 0.191 e. The molecule has 7 heteroatoms. The van der Waals surface area contributed by atoms with Gasteiger partial charge < -0.3 is 24.6 Å². The fraction of sp³-hybridized carbons (Fsp3) is 0.789. The molecule has 2 rings (SSSR count). The van der Waals surface area contributed by atoms with Crippen molar-refractivity contribution in [3.05, 3.63) is 17.0 Å². The number of aromatic nitrogens is 1. The summed E-state index contributed by atoms with van der Waals surface area (Å²) in [6.07, 6.45) is 4.02. The lowest BCUT2D eigenvalue weighted by Crippen LogP contribution is -2.38. The van der Waals surface area contributed by atoms with Crippen LogP contribution in [0.2, 0.25) is 0 Å². The summed E-state index contributed by atoms with van der Waals surface area (Å²) in [6.45, 7) is 11.8. The van der Waals surface area contributed by atoms with Crippen LogP contribution in [0.3, 0.4) is 0 Å². The SMILES string of the molecule is CCNC(=NCCCc1c(C)noc1C)NCCCOCC1CCOC1. The molecule has 0 aliphatic carbocycles. The molecule has 0 saturated carbocycles. The number of ether oxygens (including phenoxy) is 2. The van der Waals surface area contributed by atoms with Gasteiger partial charge in [-0.15, -0.1) is 0 Å². The minimum Gasteiger partial charge on any atom is -0.381 e. The van der Waals surface area contributed by atoms with Gasteiger partial charge in [-0.05, 0) is 46.5 Å². The highest BCUT2D eigenvalue weighted by Gasteiger charge is 2.15. The van der Waals surface area contributed by atoms with E-state index in [1.807, 2.05) is 13.8 Å². The maximum absolute atomic E-state index is 5.73. The number of aryl methyl sites for hydroxylation is 2. The fourth-order valence-electron chi connectivity index (χ4n) is 2.99. The summed E-state index contributed by atoms with van der Waals surface area (Å²) in [4.78, 5) is 4.64. The smallest absolute Gasteiger partial charge is 0.191 e. The quantitative estimate of drug-likeness (QED) is 0.355. The standard InChI is InChI=1S/C19H34N4O3/c1-4-20-19(21-9-5-7-18-15(2)23-26-16(18)3)22-10-6-11-24-13-17-8-12-25-14-17/h17H,4-14H2,1-3H3,(H2,20,21,22). The highest BCUT2D eigenvalue weighted by atomic mass is 16.5. The van der Waals surface area contributed by atoms with Gasteiger partial charge in [-0.2, -0.15) is 0 Å². The van der Waals surface area contributed by atoms with Crippen LogP contribution in [0.1, 0.15) is 43.2 Å². The minimum atomic E-state index is 0.583. The Morgan fingerprint density at radius 3 is 2.88 bits per heavy atom. The van der Waals surface area contributed by atoms with Crippen molar-refractivity contribution in [2.45, 2.75) is 46.5 Å². The highest BCUT2D eigenvalue weighted by Crippen LogP contribution is 2.14. The monoisotopic (exact) mass is 366 g/mol. The van der Waals surface area contributed by atoms with Gasteiger partial charge in [0.2, 0.25) is 0 Å². The second-order valence-electron chi connectivity index (χ2n) is 6.75. The van der Waals surface area contributed by atoms with Gasteiger partial charge in [-0.25, -0.2) is 0 Å². The van der Waals surface area contributed by atoms with Crippen molar-refractivity contribution in [3.8, 4) is 0 Å². The molecular weight excluding hydrogens is 332 g/mol. The summed E-state index contributed by atoms with van der Waals surface area (Å²) >= 11 is 0. The van der Waals surface area contributed by atoms with E-state index in [1.165, 1.54) is 5.56 Å². The van der Waals surface area contributed by atoms with E-state index < -0.39 is 0 Å². The number of aliphatic imine (C=N–C) groups is 1. The zero-order chi connectivity index (χ0) is 18.6. The predicted molar refractivity (Wildman–Crippen MR) is 103 cm³/mol. The molecule has 0 spiro atoms. The topological polar surface area (TPSA) is 80.9 Å². The van der Waals surface area contributed by atoms with E-state index in [0.29, 0.717) is 5.92 Å². The molecule has 7 nitrogen and oxygen atoms in total. The molecule has 1 unspecified atom stereocenters. The minimum absolute atomic E-state index is 0.583. The van der Waals surface area contributed by atoms with Gasteiger partial charge in [0.05, 0.1) is 18.9 Å². The van der Waals surface area contributed by atoms with E-state index in [4.69, 9.17) is 14.0 Å². The van der Waals surface area contributed by atoms with Crippen molar-refractivity contribution in [1.29, 1.82) is 0 Å². The Morgan fingerprint density at radius 2 is 2.19 bits per heavy atom. The molecule has 0 aromatic carbocycles. The van der Waals surface area contributed by atoms with E-state index in [1.54, 1.807) is 0 Å². The Balaban J connectivity index is 1.58. The average Bonchev–Trinajstić information content (AvgIpc) is 3.25. The van der Waals surface area contributed by atoms with Crippen LogP contribution in [-0.2, 0) is 15.9 Å². The predicted octanol–water partition coefficient (Wildman–Crippen LogP) is 2.22. The molecule has 1 fully saturated rings. The second-order valence-corrected chi connectivity index (χ2v) is 6.75. The molecule has 2 heterocycles. The third-order valence-corrected chi connectivity index (χ3v) is 4.52. The van der Waals surface area contributed by atoms with Crippen LogP contribution in [0.4, 0.5) is 0 Å². The summed E-state index contributed by atoms with van der Waals surface area (Å²) in [7, 11) is 0. The first kappa shape index (κ1) is 20.7. The van der Waals surface area contributed by atoms with Gasteiger partial charge in [0.25, 0.3) is 0 Å². The van der Waals surface area contributed by atoms with Crippen molar-refractivity contribution in [2.75, 3.05) is 46.1 Å². The van der Waals surface area contributed by atoms with Gasteiger partial charge in [0, 0.05) is 44.3 Å². The van der Waals surface area contributed by atoms with Crippen molar-refractivity contribution >= 4 is 5.96 Å². The number of nitrogens with one attached hydrogen (secondary N) is 2. The number of hydrogen-bond donors (Lipinski definition) is 2. The third-order valence-electron chi connectivity index (χ3n) is 4.52. The zero-order valence-electron chi connectivity index (χ0n) is 16.5. The van der Waals surface area contributed by atoms with E-state index in [0.717, 1.165) is 89.2 Å². The summed E-state index contributed by atoms with van der Waals surface area (Å²) in [5.74, 6) is 2.37. The molecule has 148 valence electrons. The molecule has 26 heavy (non-hydrogen) atoms. The summed E-state index contributed by atoms with van der Waals surface area (Å²) in [5.41, 5.74) is 2.20. The molecule has 0 amide bonds. The lowest BCUT2D eigenvalue weighted by atomic mass is 10.1. The summed E-state index contributed by atoms with van der Waals surface area (Å²) < 4.78 is 16.3.